The maximum absolute atomic E-state index is 12.5. The number of aliphatic hydroxyl groups is 4. The number of aromatic carboxylic acids is 1. The molecule has 0 amide bonds. The quantitative estimate of drug-likeness (QED) is 0.259. The molecular formula is C21H20O11. The van der Waals surface area contributed by atoms with E-state index < -0.39 is 54.5 Å². The lowest BCUT2D eigenvalue weighted by Gasteiger charge is -2.39. The molecule has 3 aromatic rings. The second kappa shape index (κ2) is 8.37. The van der Waals surface area contributed by atoms with Crippen LogP contribution in [0, 0.1) is 0 Å². The summed E-state index contributed by atoms with van der Waals surface area (Å²) in [7, 11) is 1.41. The van der Waals surface area contributed by atoms with E-state index in [0.29, 0.717) is 11.1 Å². The van der Waals surface area contributed by atoms with Gasteiger partial charge >= 0.3 is 11.6 Å². The summed E-state index contributed by atoms with van der Waals surface area (Å²) in [4.78, 5) is 24.6. The van der Waals surface area contributed by atoms with Crippen molar-refractivity contribution in [2.75, 3.05) is 13.7 Å². The molecule has 2 aromatic carbocycles. The van der Waals surface area contributed by atoms with Crippen LogP contribution in [0.5, 0.6) is 11.5 Å². The van der Waals surface area contributed by atoms with Crippen molar-refractivity contribution in [3.63, 3.8) is 0 Å². The van der Waals surface area contributed by atoms with Crippen LogP contribution in [0.2, 0.25) is 0 Å². The third kappa shape index (κ3) is 3.45. The lowest BCUT2D eigenvalue weighted by atomic mass is 9.99. The van der Waals surface area contributed by atoms with Gasteiger partial charge in [0.15, 0.2) is 5.58 Å². The number of ether oxygens (including phenoxy) is 3. The number of hydrogen-bond donors (Lipinski definition) is 5. The summed E-state index contributed by atoms with van der Waals surface area (Å²) in [6, 6.07) is 7.45. The van der Waals surface area contributed by atoms with Gasteiger partial charge in [-0.25, -0.2) is 9.59 Å². The molecule has 0 unspecified atom stereocenters. The maximum Gasteiger partial charge on any atom is 0.344 e. The first-order valence-electron chi connectivity index (χ1n) is 9.55. The summed E-state index contributed by atoms with van der Waals surface area (Å²) in [6.45, 7) is -0.686. The zero-order chi connectivity index (χ0) is 23.2. The van der Waals surface area contributed by atoms with Crippen molar-refractivity contribution >= 4 is 27.7 Å². The molecular weight excluding hydrogens is 428 g/mol. The van der Waals surface area contributed by atoms with Crippen LogP contribution in [0.25, 0.3) is 21.7 Å². The second-order valence-corrected chi connectivity index (χ2v) is 7.21. The predicted molar refractivity (Wildman–Crippen MR) is 108 cm³/mol. The lowest BCUT2D eigenvalue weighted by Crippen LogP contribution is -2.60. The number of benzene rings is 2. The number of fused-ring (bicyclic) bond motifs is 3. The third-order valence-corrected chi connectivity index (χ3v) is 5.36. The van der Waals surface area contributed by atoms with Crippen LogP contribution >= 0.6 is 0 Å². The maximum atomic E-state index is 12.5. The topological polar surface area (TPSA) is 176 Å². The third-order valence-electron chi connectivity index (χ3n) is 5.36. The predicted octanol–water partition coefficient (Wildman–Crippen LogP) is -0.168. The molecule has 1 aliphatic rings. The standard InChI is InChI=1S/C21H20O11/c1-29-10-4-2-3-9-13(10)8-5-6-11(14(19(26)27)18(8)32-20(9)28)30-21-17(25)16(24)15(23)12(7-22)31-21/h2-6,12,15-17,21-25H,7H2,1H3,(H,26,27)/t12-,15-,16+,17-,21-/m1/s1. The van der Waals surface area contributed by atoms with Crippen molar-refractivity contribution < 1.29 is 49.0 Å². The molecule has 1 fully saturated rings. The largest absolute Gasteiger partial charge is 0.496 e. The average Bonchev–Trinajstić information content (AvgIpc) is 2.78. The minimum atomic E-state index is -1.76. The van der Waals surface area contributed by atoms with E-state index >= 15 is 0 Å². The highest BCUT2D eigenvalue weighted by Crippen LogP contribution is 2.36. The van der Waals surface area contributed by atoms with Crippen molar-refractivity contribution in [2.45, 2.75) is 30.7 Å². The van der Waals surface area contributed by atoms with Gasteiger partial charge < -0.3 is 44.2 Å². The molecule has 1 aromatic heterocycles. The van der Waals surface area contributed by atoms with E-state index in [9.17, 15) is 35.1 Å². The van der Waals surface area contributed by atoms with Crippen LogP contribution in [0.4, 0.5) is 0 Å². The molecule has 1 saturated heterocycles. The summed E-state index contributed by atoms with van der Waals surface area (Å²) in [6.07, 6.45) is -7.96. The molecule has 1 aliphatic heterocycles. The minimum Gasteiger partial charge on any atom is -0.496 e. The van der Waals surface area contributed by atoms with Crippen LogP contribution in [0.15, 0.2) is 39.5 Å². The van der Waals surface area contributed by atoms with Gasteiger partial charge in [0.1, 0.15) is 41.5 Å². The fraction of sp³-hybridized carbons (Fsp3) is 0.333. The van der Waals surface area contributed by atoms with Gasteiger partial charge in [0, 0.05) is 10.8 Å². The molecule has 0 spiro atoms. The molecule has 170 valence electrons. The minimum absolute atomic E-state index is 0.191. The number of carboxylic acids is 1. The molecule has 0 saturated carbocycles. The summed E-state index contributed by atoms with van der Waals surface area (Å²) < 4.78 is 21.4. The first-order chi connectivity index (χ1) is 15.3. The van der Waals surface area contributed by atoms with E-state index in [1.807, 2.05) is 0 Å². The Morgan fingerprint density at radius 3 is 2.44 bits per heavy atom. The fourth-order valence-corrected chi connectivity index (χ4v) is 3.75. The Hall–Kier alpha value is -3.22. The van der Waals surface area contributed by atoms with Gasteiger partial charge in [-0.3, -0.25) is 0 Å². The number of carbonyl (C=O) groups is 1. The smallest absolute Gasteiger partial charge is 0.344 e. The Morgan fingerprint density at radius 1 is 1.03 bits per heavy atom. The summed E-state index contributed by atoms with van der Waals surface area (Å²) in [5.41, 5.74) is -1.61. The molecule has 0 bridgehead atoms. The highest BCUT2D eigenvalue weighted by atomic mass is 16.7. The van der Waals surface area contributed by atoms with E-state index in [0.717, 1.165) is 0 Å². The van der Waals surface area contributed by atoms with Gasteiger partial charge in [-0.1, -0.05) is 6.07 Å². The number of methoxy groups -OCH3 is 1. The van der Waals surface area contributed by atoms with Crippen molar-refractivity contribution in [3.8, 4) is 11.5 Å². The Kier molecular flexibility index (Phi) is 5.75. The zero-order valence-electron chi connectivity index (χ0n) is 16.7. The zero-order valence-corrected chi connectivity index (χ0v) is 16.7. The Balaban J connectivity index is 1.88. The van der Waals surface area contributed by atoms with Crippen LogP contribution in [-0.4, -0.2) is 75.9 Å². The molecule has 0 radical (unpaired) electrons. The fourth-order valence-electron chi connectivity index (χ4n) is 3.75. The van der Waals surface area contributed by atoms with Gasteiger partial charge in [0.05, 0.1) is 19.1 Å². The molecule has 4 rings (SSSR count). The highest BCUT2D eigenvalue weighted by Gasteiger charge is 2.45. The van der Waals surface area contributed by atoms with Gasteiger partial charge in [0.2, 0.25) is 6.29 Å². The molecule has 5 N–H and O–H groups in total. The van der Waals surface area contributed by atoms with Crippen LogP contribution in [0.1, 0.15) is 10.4 Å². The van der Waals surface area contributed by atoms with Crippen molar-refractivity contribution in [1.82, 2.24) is 0 Å². The molecule has 11 heteroatoms. The Labute approximate surface area is 179 Å². The SMILES string of the molecule is COc1cccc2c(=O)oc3c(C(=O)O)c(O[C@@H]4O[C@H](CO)[C@@H](O)[C@H](O)[C@H]4O)ccc3c12. The summed E-state index contributed by atoms with van der Waals surface area (Å²) >= 11 is 0. The number of hydrogen-bond acceptors (Lipinski definition) is 10. The Morgan fingerprint density at radius 2 is 1.78 bits per heavy atom. The summed E-state index contributed by atoms with van der Waals surface area (Å²) in [5, 5.41) is 50.0. The molecule has 2 heterocycles. The highest BCUT2D eigenvalue weighted by molar-refractivity contribution is 6.14. The van der Waals surface area contributed by atoms with E-state index in [1.54, 1.807) is 12.1 Å². The van der Waals surface area contributed by atoms with E-state index in [4.69, 9.17) is 18.6 Å². The molecule has 32 heavy (non-hydrogen) atoms. The summed E-state index contributed by atoms with van der Waals surface area (Å²) in [5.74, 6) is -1.49. The van der Waals surface area contributed by atoms with E-state index in [-0.39, 0.29) is 22.1 Å². The van der Waals surface area contributed by atoms with Crippen molar-refractivity contribution in [2.24, 2.45) is 0 Å². The number of carboxylic acid groups (broad SMARTS) is 1. The van der Waals surface area contributed by atoms with Gasteiger partial charge in [-0.2, -0.15) is 0 Å². The van der Waals surface area contributed by atoms with Crippen LogP contribution < -0.4 is 15.1 Å². The van der Waals surface area contributed by atoms with Gasteiger partial charge in [-0.15, -0.1) is 0 Å². The Bertz CT molecular complexity index is 1230. The lowest BCUT2D eigenvalue weighted by molar-refractivity contribution is -0.277. The first-order valence-corrected chi connectivity index (χ1v) is 9.55. The van der Waals surface area contributed by atoms with E-state index in [2.05, 4.69) is 0 Å². The molecule has 11 nitrogen and oxygen atoms in total. The average molecular weight is 448 g/mol. The van der Waals surface area contributed by atoms with Crippen molar-refractivity contribution in [3.05, 3.63) is 46.3 Å². The van der Waals surface area contributed by atoms with Crippen LogP contribution in [-0.2, 0) is 4.74 Å². The first kappa shape index (κ1) is 22.0. The monoisotopic (exact) mass is 448 g/mol. The molecule has 5 atom stereocenters. The number of aliphatic hydroxyl groups excluding tert-OH is 4. The van der Waals surface area contributed by atoms with E-state index in [1.165, 1.54) is 25.3 Å². The van der Waals surface area contributed by atoms with Crippen molar-refractivity contribution in [1.29, 1.82) is 0 Å². The second-order valence-electron chi connectivity index (χ2n) is 7.21. The van der Waals surface area contributed by atoms with Gasteiger partial charge in [-0.05, 0) is 24.3 Å². The molecule has 0 aliphatic carbocycles. The van der Waals surface area contributed by atoms with Gasteiger partial charge in [0.25, 0.3) is 0 Å². The number of rotatable bonds is 5. The van der Waals surface area contributed by atoms with Crippen LogP contribution in [0.3, 0.4) is 0 Å². The normalized spacial score (nSPS) is 25.7.